The fourth-order valence-corrected chi connectivity index (χ4v) is 1.88. The third-order valence-electron chi connectivity index (χ3n) is 2.96. The molecule has 7 heteroatoms. The smallest absolute Gasteiger partial charge is 0.243 e. The molecule has 0 heterocycles. The van der Waals surface area contributed by atoms with Crippen LogP contribution >= 0.6 is 0 Å². The van der Waals surface area contributed by atoms with Crippen LogP contribution in [0.25, 0.3) is 0 Å². The Morgan fingerprint density at radius 2 is 1.87 bits per heavy atom. The largest absolute Gasteiger partial charge is 0.346 e. The minimum atomic E-state index is -1.05. The summed E-state index contributed by atoms with van der Waals surface area (Å²) >= 11 is 0. The van der Waals surface area contributed by atoms with E-state index in [9.17, 15) is 18.4 Å². The van der Waals surface area contributed by atoms with Crippen LogP contribution in [0.3, 0.4) is 0 Å². The van der Waals surface area contributed by atoms with Gasteiger partial charge in [0.05, 0.1) is 13.1 Å². The summed E-state index contributed by atoms with van der Waals surface area (Å²) in [5.74, 6) is -2.86. The first-order valence-corrected chi connectivity index (χ1v) is 7.20. The minimum Gasteiger partial charge on any atom is -0.346 e. The first kappa shape index (κ1) is 18.8. The van der Waals surface area contributed by atoms with Gasteiger partial charge < -0.3 is 10.6 Å². The fourth-order valence-electron chi connectivity index (χ4n) is 1.88. The Morgan fingerprint density at radius 3 is 2.43 bits per heavy atom. The van der Waals surface area contributed by atoms with Gasteiger partial charge in [-0.2, -0.15) is 0 Å². The number of hydrogen-bond acceptors (Lipinski definition) is 3. The highest BCUT2D eigenvalue weighted by atomic mass is 19.2. The molecule has 0 radical (unpaired) electrons. The van der Waals surface area contributed by atoms with E-state index in [2.05, 4.69) is 17.2 Å². The third-order valence-corrected chi connectivity index (χ3v) is 2.96. The maximum atomic E-state index is 13.0. The predicted molar refractivity (Wildman–Crippen MR) is 84.9 cm³/mol. The van der Waals surface area contributed by atoms with Crippen molar-refractivity contribution in [2.75, 3.05) is 31.5 Å². The van der Waals surface area contributed by atoms with Crippen molar-refractivity contribution in [3.8, 4) is 0 Å². The molecule has 1 aromatic rings. The molecule has 0 aromatic heterocycles. The Balaban J connectivity index is 2.41. The molecule has 0 aliphatic heterocycles. The summed E-state index contributed by atoms with van der Waals surface area (Å²) in [6, 6.07) is 3.03. The number of rotatable bonds is 8. The molecule has 2 amide bonds. The number of nitrogens with zero attached hydrogens (tertiary/aromatic N) is 1. The fraction of sp³-hybridized carbons (Fsp3) is 0.375. The van der Waals surface area contributed by atoms with E-state index >= 15 is 0 Å². The van der Waals surface area contributed by atoms with Crippen LogP contribution < -0.4 is 10.6 Å². The summed E-state index contributed by atoms with van der Waals surface area (Å²) in [4.78, 5) is 25.3. The average molecular weight is 325 g/mol. The molecule has 0 aliphatic rings. The molecule has 0 bridgehead atoms. The van der Waals surface area contributed by atoms with Crippen molar-refractivity contribution in [1.82, 2.24) is 10.2 Å². The van der Waals surface area contributed by atoms with Gasteiger partial charge in [-0.15, -0.1) is 0 Å². The summed E-state index contributed by atoms with van der Waals surface area (Å²) in [6.45, 7) is 8.77. The first-order chi connectivity index (χ1) is 10.8. The number of anilines is 1. The van der Waals surface area contributed by atoms with E-state index in [-0.39, 0.29) is 24.7 Å². The Labute approximate surface area is 134 Å². The maximum Gasteiger partial charge on any atom is 0.243 e. The van der Waals surface area contributed by atoms with E-state index in [0.717, 1.165) is 17.7 Å². The van der Waals surface area contributed by atoms with Crippen LogP contribution in [0.2, 0.25) is 0 Å². The molecule has 0 fully saturated rings. The Hall–Kier alpha value is -2.28. The van der Waals surface area contributed by atoms with E-state index in [1.165, 1.54) is 6.07 Å². The van der Waals surface area contributed by atoms with Crippen LogP contribution in [0.1, 0.15) is 13.8 Å². The number of halogens is 2. The number of amides is 2. The van der Waals surface area contributed by atoms with Crippen LogP contribution in [-0.2, 0) is 9.59 Å². The molecule has 0 spiro atoms. The lowest BCUT2D eigenvalue weighted by molar-refractivity contribution is -0.124. The van der Waals surface area contributed by atoms with Gasteiger partial charge in [0.25, 0.3) is 0 Å². The zero-order chi connectivity index (χ0) is 17.4. The van der Waals surface area contributed by atoms with Crippen molar-refractivity contribution in [2.45, 2.75) is 13.8 Å². The number of carbonyl (C=O) groups is 2. The molecule has 126 valence electrons. The van der Waals surface area contributed by atoms with Crippen LogP contribution in [0, 0.1) is 11.6 Å². The lowest BCUT2D eigenvalue weighted by Crippen LogP contribution is -2.40. The van der Waals surface area contributed by atoms with E-state index in [1.54, 1.807) is 0 Å². The molecule has 1 aromatic carbocycles. The van der Waals surface area contributed by atoms with E-state index < -0.39 is 17.5 Å². The van der Waals surface area contributed by atoms with Gasteiger partial charge >= 0.3 is 0 Å². The Bertz CT molecular complexity index is 591. The lowest BCUT2D eigenvalue weighted by Gasteiger charge is -2.19. The van der Waals surface area contributed by atoms with Crippen molar-refractivity contribution in [1.29, 1.82) is 0 Å². The number of carbonyl (C=O) groups excluding carboxylic acids is 2. The van der Waals surface area contributed by atoms with E-state index in [4.69, 9.17) is 0 Å². The predicted octanol–water partition coefficient (Wildman–Crippen LogP) is 1.92. The van der Waals surface area contributed by atoms with E-state index in [0.29, 0.717) is 13.1 Å². The van der Waals surface area contributed by atoms with Crippen LogP contribution in [0.4, 0.5) is 14.5 Å². The lowest BCUT2D eigenvalue weighted by atomic mass is 10.3. The SMILES string of the molecule is C=C(C)CN(CC)CC(=O)NCC(=O)Nc1ccc(F)c(F)c1. The number of hydrogen-bond donors (Lipinski definition) is 2. The highest BCUT2D eigenvalue weighted by molar-refractivity contribution is 5.94. The summed E-state index contributed by atoms with van der Waals surface area (Å²) < 4.78 is 25.8. The van der Waals surface area contributed by atoms with Crippen LogP contribution in [-0.4, -0.2) is 42.9 Å². The quantitative estimate of drug-likeness (QED) is 0.718. The van der Waals surface area contributed by atoms with Gasteiger partial charge in [0.15, 0.2) is 11.6 Å². The molecule has 0 atom stereocenters. The van der Waals surface area contributed by atoms with Crippen molar-refractivity contribution >= 4 is 17.5 Å². The van der Waals surface area contributed by atoms with Crippen molar-refractivity contribution < 1.29 is 18.4 Å². The monoisotopic (exact) mass is 325 g/mol. The van der Waals surface area contributed by atoms with Gasteiger partial charge in [-0.05, 0) is 25.6 Å². The van der Waals surface area contributed by atoms with Gasteiger partial charge in [0.2, 0.25) is 11.8 Å². The molecular formula is C16H21F2N3O2. The molecule has 0 saturated carbocycles. The zero-order valence-electron chi connectivity index (χ0n) is 13.3. The summed E-state index contributed by atoms with van der Waals surface area (Å²) in [7, 11) is 0. The first-order valence-electron chi connectivity index (χ1n) is 7.20. The van der Waals surface area contributed by atoms with Gasteiger partial charge in [0, 0.05) is 18.3 Å². The average Bonchev–Trinajstić information content (AvgIpc) is 2.48. The molecule has 0 unspecified atom stereocenters. The second kappa shape index (κ2) is 8.99. The third kappa shape index (κ3) is 7.01. The second-order valence-corrected chi connectivity index (χ2v) is 5.21. The molecule has 23 heavy (non-hydrogen) atoms. The molecule has 2 N–H and O–H groups in total. The Morgan fingerprint density at radius 1 is 1.17 bits per heavy atom. The van der Waals surface area contributed by atoms with Gasteiger partial charge in [-0.1, -0.05) is 19.1 Å². The van der Waals surface area contributed by atoms with Gasteiger partial charge in [0.1, 0.15) is 0 Å². The normalized spacial score (nSPS) is 10.5. The standard InChI is InChI=1S/C16H21F2N3O2/c1-4-21(9-11(2)3)10-16(23)19-8-15(22)20-12-5-6-13(17)14(18)7-12/h5-7H,2,4,8-10H2,1,3H3,(H,19,23)(H,20,22). The maximum absolute atomic E-state index is 13.0. The van der Waals surface area contributed by atoms with Crippen molar-refractivity contribution in [3.63, 3.8) is 0 Å². The molecule has 0 saturated heterocycles. The highest BCUT2D eigenvalue weighted by Gasteiger charge is 2.11. The van der Waals surface area contributed by atoms with E-state index in [1.807, 2.05) is 18.7 Å². The van der Waals surface area contributed by atoms with Gasteiger partial charge in [-0.25, -0.2) is 8.78 Å². The van der Waals surface area contributed by atoms with Crippen LogP contribution in [0.5, 0.6) is 0 Å². The zero-order valence-corrected chi connectivity index (χ0v) is 13.3. The topological polar surface area (TPSA) is 61.4 Å². The number of benzene rings is 1. The van der Waals surface area contributed by atoms with Gasteiger partial charge in [-0.3, -0.25) is 14.5 Å². The number of likely N-dealkylation sites (N-methyl/N-ethyl adjacent to an activating group) is 1. The highest BCUT2D eigenvalue weighted by Crippen LogP contribution is 2.12. The second-order valence-electron chi connectivity index (χ2n) is 5.21. The molecule has 1 rings (SSSR count). The van der Waals surface area contributed by atoms with Crippen LogP contribution in [0.15, 0.2) is 30.4 Å². The molecule has 5 nitrogen and oxygen atoms in total. The van der Waals surface area contributed by atoms with Crippen molar-refractivity contribution in [2.24, 2.45) is 0 Å². The summed E-state index contributed by atoms with van der Waals surface area (Å²) in [6.07, 6.45) is 0. The Kier molecular flexibility index (Phi) is 7.34. The minimum absolute atomic E-state index is 0.126. The molecule has 0 aliphatic carbocycles. The van der Waals surface area contributed by atoms with Crippen molar-refractivity contribution in [3.05, 3.63) is 42.0 Å². The molecular weight excluding hydrogens is 304 g/mol. The summed E-state index contributed by atoms with van der Waals surface area (Å²) in [5.41, 5.74) is 1.07. The summed E-state index contributed by atoms with van der Waals surface area (Å²) in [5, 5.41) is 4.85. The number of nitrogens with one attached hydrogen (secondary N) is 2.